The molecule has 2 amide bonds. The first-order chi connectivity index (χ1) is 17.1. The van der Waals surface area contributed by atoms with E-state index in [4.69, 9.17) is 0 Å². The first kappa shape index (κ1) is 29.4. The lowest BCUT2D eigenvalue weighted by Crippen LogP contribution is -2.53. The number of nitrogens with one attached hydrogen (secondary N) is 1. The first-order valence-electron chi connectivity index (χ1n) is 12.8. The second-order valence-corrected chi connectivity index (χ2v) is 11.3. The maximum atomic E-state index is 13.8. The molecule has 36 heavy (non-hydrogen) atoms. The number of para-hydroxylation sites is 1. The Morgan fingerprint density at radius 3 is 2.19 bits per heavy atom. The van der Waals surface area contributed by atoms with Gasteiger partial charge in [-0.1, -0.05) is 82.6 Å². The number of anilines is 1. The zero-order valence-electron chi connectivity index (χ0n) is 22.2. The number of hydrogen-bond donors (Lipinski definition) is 1. The molecule has 0 heterocycles. The Morgan fingerprint density at radius 1 is 0.972 bits per heavy atom. The maximum Gasteiger partial charge on any atom is 0.244 e. The van der Waals surface area contributed by atoms with Crippen molar-refractivity contribution < 1.29 is 18.0 Å². The molecule has 0 radical (unpaired) electrons. The Hall–Kier alpha value is -2.87. The summed E-state index contributed by atoms with van der Waals surface area (Å²) in [6.45, 7) is 8.39. The Bertz CT molecular complexity index is 1090. The summed E-state index contributed by atoms with van der Waals surface area (Å²) < 4.78 is 26.9. The van der Waals surface area contributed by atoms with Crippen molar-refractivity contribution in [2.75, 3.05) is 30.2 Å². The van der Waals surface area contributed by atoms with Crippen LogP contribution >= 0.6 is 0 Å². The molecule has 1 N–H and O–H groups in total. The topological polar surface area (TPSA) is 86.8 Å². The Kier molecular flexibility index (Phi) is 11.4. The van der Waals surface area contributed by atoms with E-state index in [0.29, 0.717) is 31.6 Å². The third kappa shape index (κ3) is 8.36. The summed E-state index contributed by atoms with van der Waals surface area (Å²) in [5.41, 5.74) is 2.38. The molecule has 0 aliphatic rings. The molecule has 7 nitrogen and oxygen atoms in total. The van der Waals surface area contributed by atoms with Crippen molar-refractivity contribution in [3.8, 4) is 0 Å². The lowest BCUT2D eigenvalue weighted by molar-refractivity contribution is -0.139. The summed E-state index contributed by atoms with van der Waals surface area (Å²) in [5.74, 6) is -0.532. The predicted molar refractivity (Wildman–Crippen MR) is 147 cm³/mol. The Balaban J connectivity index is 2.39. The molecule has 2 aromatic carbocycles. The number of nitrogens with zero attached hydrogens (tertiary/aromatic N) is 2. The van der Waals surface area contributed by atoms with Crippen molar-refractivity contribution in [1.29, 1.82) is 0 Å². The smallest absolute Gasteiger partial charge is 0.244 e. The van der Waals surface area contributed by atoms with Gasteiger partial charge in [-0.05, 0) is 42.4 Å². The maximum absolute atomic E-state index is 13.8. The quantitative estimate of drug-likeness (QED) is 0.379. The zero-order valence-corrected chi connectivity index (χ0v) is 23.1. The van der Waals surface area contributed by atoms with Crippen LogP contribution in [0, 0.1) is 0 Å². The fourth-order valence-electron chi connectivity index (χ4n) is 4.20. The van der Waals surface area contributed by atoms with Gasteiger partial charge in [0.25, 0.3) is 0 Å². The highest BCUT2D eigenvalue weighted by Crippen LogP contribution is 2.29. The fourth-order valence-corrected chi connectivity index (χ4v) is 5.07. The Morgan fingerprint density at radius 2 is 1.61 bits per heavy atom. The van der Waals surface area contributed by atoms with E-state index in [2.05, 4.69) is 5.32 Å². The number of sulfonamides is 1. The number of amides is 2. The van der Waals surface area contributed by atoms with E-state index in [-0.39, 0.29) is 18.4 Å². The van der Waals surface area contributed by atoms with E-state index in [1.165, 1.54) is 4.31 Å². The van der Waals surface area contributed by atoms with Crippen molar-refractivity contribution in [1.82, 2.24) is 10.2 Å². The molecule has 0 aliphatic carbocycles. The summed E-state index contributed by atoms with van der Waals surface area (Å²) in [7, 11) is -3.75. The summed E-state index contributed by atoms with van der Waals surface area (Å²) in [6, 6.07) is 16.3. The van der Waals surface area contributed by atoms with Crippen LogP contribution in [0.25, 0.3) is 0 Å². The Labute approximate surface area is 216 Å². The first-order valence-corrected chi connectivity index (χ1v) is 14.6. The largest absolute Gasteiger partial charge is 0.354 e. The van der Waals surface area contributed by atoms with Gasteiger partial charge in [0.2, 0.25) is 21.8 Å². The minimum Gasteiger partial charge on any atom is -0.354 e. The number of rotatable bonds is 14. The molecular formula is C28H41N3O4S. The molecule has 8 heteroatoms. The number of carbonyl (C=O) groups is 2. The average molecular weight is 516 g/mol. The number of benzene rings is 2. The van der Waals surface area contributed by atoms with Crippen LogP contribution in [0.5, 0.6) is 0 Å². The highest BCUT2D eigenvalue weighted by Gasteiger charge is 2.32. The molecule has 1 atom stereocenters. The monoisotopic (exact) mass is 515 g/mol. The van der Waals surface area contributed by atoms with E-state index < -0.39 is 22.0 Å². The summed E-state index contributed by atoms with van der Waals surface area (Å²) >= 11 is 0. The number of hydrogen-bond acceptors (Lipinski definition) is 4. The van der Waals surface area contributed by atoms with Crippen LogP contribution in [0.1, 0.15) is 64.0 Å². The second kappa shape index (κ2) is 14.0. The molecule has 0 aliphatic heterocycles. The summed E-state index contributed by atoms with van der Waals surface area (Å²) in [4.78, 5) is 28.4. The van der Waals surface area contributed by atoms with Crippen LogP contribution in [-0.4, -0.2) is 57.1 Å². The molecule has 0 unspecified atom stereocenters. The van der Waals surface area contributed by atoms with Gasteiger partial charge in [-0.15, -0.1) is 0 Å². The van der Waals surface area contributed by atoms with Crippen molar-refractivity contribution >= 4 is 27.5 Å². The van der Waals surface area contributed by atoms with Gasteiger partial charge in [-0.3, -0.25) is 13.9 Å². The van der Waals surface area contributed by atoms with Crippen LogP contribution in [0.2, 0.25) is 0 Å². The average Bonchev–Trinajstić information content (AvgIpc) is 2.84. The molecule has 198 valence electrons. The second-order valence-electron chi connectivity index (χ2n) is 9.37. The lowest BCUT2D eigenvalue weighted by Gasteiger charge is -2.33. The van der Waals surface area contributed by atoms with Crippen LogP contribution < -0.4 is 9.62 Å². The fraction of sp³-hybridized carbons (Fsp3) is 0.500. The van der Waals surface area contributed by atoms with Crippen LogP contribution in [-0.2, 0) is 26.0 Å². The SMILES string of the molecule is CCCCNC(=O)[C@@H](CC)N(CCc1ccccc1)C(=O)CN(c1ccccc1C(C)C)S(C)(=O)=O. The van der Waals surface area contributed by atoms with Crippen LogP contribution in [0.4, 0.5) is 5.69 Å². The summed E-state index contributed by atoms with van der Waals surface area (Å²) in [5, 5.41) is 2.94. The van der Waals surface area contributed by atoms with Gasteiger partial charge in [0.1, 0.15) is 12.6 Å². The molecule has 0 bridgehead atoms. The van der Waals surface area contributed by atoms with Gasteiger partial charge in [-0.25, -0.2) is 8.42 Å². The summed E-state index contributed by atoms with van der Waals surface area (Å²) in [6.07, 6.45) is 3.91. The number of carbonyl (C=O) groups excluding carboxylic acids is 2. The standard InChI is InChI=1S/C28H41N3O4S/c1-6-8-19-29-28(33)25(7-2)30(20-18-23-14-10-9-11-15-23)27(32)21-31(36(5,34)35)26-17-13-12-16-24(26)22(3)4/h9-17,22,25H,6-8,18-21H2,1-5H3,(H,29,33)/t25-/m1/s1. The van der Waals surface area contributed by atoms with Gasteiger partial charge in [0, 0.05) is 13.1 Å². The van der Waals surface area contributed by atoms with Gasteiger partial charge in [0.15, 0.2) is 0 Å². The van der Waals surface area contributed by atoms with E-state index in [1.807, 2.05) is 70.2 Å². The van der Waals surface area contributed by atoms with Crippen molar-refractivity contribution in [2.45, 2.75) is 65.3 Å². The molecule has 0 fully saturated rings. The zero-order chi connectivity index (χ0) is 26.7. The van der Waals surface area contributed by atoms with Gasteiger partial charge < -0.3 is 10.2 Å². The lowest BCUT2D eigenvalue weighted by atomic mass is 10.0. The normalized spacial score (nSPS) is 12.3. The third-order valence-electron chi connectivity index (χ3n) is 6.21. The minimum atomic E-state index is -3.75. The van der Waals surface area contributed by atoms with Gasteiger partial charge in [0.05, 0.1) is 11.9 Å². The van der Waals surface area contributed by atoms with Crippen LogP contribution in [0.15, 0.2) is 54.6 Å². The molecule has 0 saturated heterocycles. The van der Waals surface area contributed by atoms with Crippen LogP contribution in [0.3, 0.4) is 0 Å². The predicted octanol–water partition coefficient (Wildman–Crippen LogP) is 4.34. The third-order valence-corrected chi connectivity index (χ3v) is 7.33. The highest BCUT2D eigenvalue weighted by molar-refractivity contribution is 7.92. The number of unbranched alkanes of at least 4 members (excludes halogenated alkanes) is 1. The highest BCUT2D eigenvalue weighted by atomic mass is 32.2. The van der Waals surface area contributed by atoms with E-state index in [0.717, 1.165) is 30.2 Å². The minimum absolute atomic E-state index is 0.0717. The van der Waals surface area contributed by atoms with E-state index in [1.54, 1.807) is 17.0 Å². The van der Waals surface area contributed by atoms with Gasteiger partial charge in [-0.2, -0.15) is 0 Å². The van der Waals surface area contributed by atoms with Crippen molar-refractivity contribution in [2.24, 2.45) is 0 Å². The van der Waals surface area contributed by atoms with Crippen molar-refractivity contribution in [3.63, 3.8) is 0 Å². The molecule has 2 aromatic rings. The molecule has 2 rings (SSSR count). The van der Waals surface area contributed by atoms with E-state index in [9.17, 15) is 18.0 Å². The van der Waals surface area contributed by atoms with Crippen molar-refractivity contribution in [3.05, 3.63) is 65.7 Å². The molecule has 0 aromatic heterocycles. The van der Waals surface area contributed by atoms with Gasteiger partial charge >= 0.3 is 0 Å². The van der Waals surface area contributed by atoms with E-state index >= 15 is 0 Å². The molecule has 0 saturated carbocycles. The molecule has 0 spiro atoms. The molecular weight excluding hydrogens is 474 g/mol.